The van der Waals surface area contributed by atoms with E-state index in [9.17, 15) is 36.7 Å². The fourth-order valence-electron chi connectivity index (χ4n) is 4.72. The Labute approximate surface area is 222 Å². The van der Waals surface area contributed by atoms with Gasteiger partial charge in [0, 0.05) is 13.1 Å². The standard InChI is InChI=1S/C23H21ClF4N4O5S/c1-30-16(23(26,27)28)10-17(33)31(21(30)36)15-9-14(12(24)8-13(15)25)29-20-32(18(34)11-38-20)22(19(35)37-2)6-4-3-5-7-22/h8-10H,3-7,11H2,1-2H3. The molecule has 0 unspecified atom stereocenters. The molecule has 1 aliphatic carbocycles. The van der Waals surface area contributed by atoms with Gasteiger partial charge < -0.3 is 4.74 Å². The Morgan fingerprint density at radius 1 is 1.13 bits per heavy atom. The smallest absolute Gasteiger partial charge is 0.431 e. The normalized spacial score (nSPS) is 18.8. The highest BCUT2D eigenvalue weighted by molar-refractivity contribution is 8.15. The molecule has 0 spiro atoms. The number of amidine groups is 1. The number of amides is 1. The first-order chi connectivity index (χ1) is 17.8. The minimum atomic E-state index is -4.99. The van der Waals surface area contributed by atoms with Crippen molar-refractivity contribution in [2.24, 2.45) is 12.0 Å². The number of hydrogen-bond donors (Lipinski definition) is 0. The number of esters is 1. The van der Waals surface area contributed by atoms with E-state index in [1.807, 2.05) is 0 Å². The number of hydrogen-bond acceptors (Lipinski definition) is 7. The second kappa shape index (κ2) is 10.2. The summed E-state index contributed by atoms with van der Waals surface area (Å²) in [6, 6.07) is 1.85. The number of nitrogens with zero attached hydrogens (tertiary/aromatic N) is 4. The van der Waals surface area contributed by atoms with E-state index in [0.717, 1.165) is 37.4 Å². The van der Waals surface area contributed by atoms with E-state index < -0.39 is 52.0 Å². The average molecular weight is 577 g/mol. The summed E-state index contributed by atoms with van der Waals surface area (Å²) in [5.41, 5.74) is -6.51. The zero-order valence-electron chi connectivity index (χ0n) is 20.1. The van der Waals surface area contributed by atoms with Gasteiger partial charge in [0.05, 0.1) is 29.3 Å². The quantitative estimate of drug-likeness (QED) is 0.405. The Hall–Kier alpha value is -3.13. The first kappa shape index (κ1) is 27.9. The number of aromatic nitrogens is 2. The first-order valence-corrected chi connectivity index (χ1v) is 12.7. The van der Waals surface area contributed by atoms with Crippen molar-refractivity contribution in [1.82, 2.24) is 14.0 Å². The highest BCUT2D eigenvalue weighted by atomic mass is 35.5. The van der Waals surface area contributed by atoms with Gasteiger partial charge in [0.15, 0.2) is 5.17 Å². The third-order valence-electron chi connectivity index (χ3n) is 6.52. The van der Waals surface area contributed by atoms with Crippen LogP contribution >= 0.6 is 23.4 Å². The minimum Gasteiger partial charge on any atom is -0.467 e. The summed E-state index contributed by atoms with van der Waals surface area (Å²) in [6.45, 7) is 0. The minimum absolute atomic E-state index is 0.0395. The monoisotopic (exact) mass is 576 g/mol. The molecule has 9 nitrogen and oxygen atoms in total. The van der Waals surface area contributed by atoms with Gasteiger partial charge in [-0.3, -0.25) is 19.1 Å². The largest absolute Gasteiger partial charge is 0.467 e. The van der Waals surface area contributed by atoms with E-state index in [0.29, 0.717) is 25.7 Å². The maximum Gasteiger partial charge on any atom is 0.431 e. The Balaban J connectivity index is 1.87. The number of ether oxygens (including phenoxy) is 1. The highest BCUT2D eigenvalue weighted by Crippen LogP contribution is 2.41. The lowest BCUT2D eigenvalue weighted by atomic mass is 9.80. The molecule has 0 atom stereocenters. The van der Waals surface area contributed by atoms with Crippen LogP contribution in [0.4, 0.5) is 23.2 Å². The average Bonchev–Trinajstić information content (AvgIpc) is 3.23. The number of benzene rings is 1. The van der Waals surface area contributed by atoms with Crippen molar-refractivity contribution in [3.8, 4) is 5.69 Å². The van der Waals surface area contributed by atoms with E-state index in [2.05, 4.69) is 4.99 Å². The number of aliphatic imine (C=N–C) groups is 1. The summed E-state index contributed by atoms with van der Waals surface area (Å²) in [5, 5.41) is -0.180. The molecular weight excluding hydrogens is 556 g/mol. The van der Waals surface area contributed by atoms with E-state index in [4.69, 9.17) is 16.3 Å². The molecule has 1 amide bonds. The first-order valence-electron chi connectivity index (χ1n) is 11.3. The molecule has 38 heavy (non-hydrogen) atoms. The molecule has 204 valence electrons. The van der Waals surface area contributed by atoms with E-state index in [1.54, 1.807) is 0 Å². The molecule has 1 aliphatic heterocycles. The molecule has 4 rings (SSSR count). The third-order valence-corrected chi connectivity index (χ3v) is 7.75. The van der Waals surface area contributed by atoms with Gasteiger partial charge in [-0.2, -0.15) is 13.2 Å². The van der Waals surface area contributed by atoms with Crippen LogP contribution in [-0.4, -0.2) is 49.5 Å². The van der Waals surface area contributed by atoms with Crippen LogP contribution in [0.5, 0.6) is 0 Å². The van der Waals surface area contributed by atoms with Crippen LogP contribution < -0.4 is 11.2 Å². The van der Waals surface area contributed by atoms with Crippen molar-refractivity contribution in [3.63, 3.8) is 0 Å². The molecule has 1 aromatic heterocycles. The van der Waals surface area contributed by atoms with Gasteiger partial charge in [-0.25, -0.2) is 23.5 Å². The van der Waals surface area contributed by atoms with Gasteiger partial charge >= 0.3 is 17.8 Å². The van der Waals surface area contributed by atoms with Gasteiger partial charge in [0.2, 0.25) is 5.91 Å². The lowest BCUT2D eigenvalue weighted by molar-refractivity contribution is -0.158. The molecule has 1 aromatic carbocycles. The van der Waals surface area contributed by atoms with E-state index in [1.165, 1.54) is 12.0 Å². The fraction of sp³-hybridized carbons (Fsp3) is 0.435. The topological polar surface area (TPSA) is 103 Å². The summed E-state index contributed by atoms with van der Waals surface area (Å²) in [7, 11) is 2.01. The molecule has 2 aromatic rings. The van der Waals surface area contributed by atoms with Crippen LogP contribution in [0, 0.1) is 5.82 Å². The van der Waals surface area contributed by atoms with Gasteiger partial charge in [0.1, 0.15) is 17.1 Å². The van der Waals surface area contributed by atoms with E-state index >= 15 is 0 Å². The van der Waals surface area contributed by atoms with Crippen LogP contribution in [0.2, 0.25) is 5.02 Å². The molecule has 0 bridgehead atoms. The molecule has 0 radical (unpaired) electrons. The number of alkyl halides is 3. The predicted molar refractivity (Wildman–Crippen MR) is 131 cm³/mol. The van der Waals surface area contributed by atoms with Crippen molar-refractivity contribution >= 4 is 46.1 Å². The van der Waals surface area contributed by atoms with Crippen LogP contribution in [0.1, 0.15) is 37.8 Å². The number of carbonyl (C=O) groups excluding carboxylic acids is 2. The van der Waals surface area contributed by atoms with Crippen LogP contribution in [0.25, 0.3) is 5.69 Å². The van der Waals surface area contributed by atoms with Gasteiger partial charge in [-0.1, -0.05) is 42.6 Å². The molecule has 2 fully saturated rings. The Morgan fingerprint density at radius 3 is 2.39 bits per heavy atom. The second-order valence-electron chi connectivity index (χ2n) is 8.79. The molecular formula is C23H21ClF4N4O5S. The highest BCUT2D eigenvalue weighted by Gasteiger charge is 2.52. The molecule has 1 saturated carbocycles. The second-order valence-corrected chi connectivity index (χ2v) is 10.1. The maximum atomic E-state index is 14.9. The Kier molecular flexibility index (Phi) is 7.49. The number of carbonyl (C=O) groups is 2. The Bertz CT molecular complexity index is 1460. The number of methoxy groups -OCH3 is 1. The van der Waals surface area contributed by atoms with Gasteiger partial charge in [-0.05, 0) is 25.0 Å². The van der Waals surface area contributed by atoms with Crippen molar-refractivity contribution in [2.45, 2.75) is 43.8 Å². The van der Waals surface area contributed by atoms with Crippen LogP contribution in [0.15, 0.2) is 32.8 Å². The van der Waals surface area contributed by atoms with Crippen molar-refractivity contribution in [1.29, 1.82) is 0 Å². The predicted octanol–water partition coefficient (Wildman–Crippen LogP) is 3.79. The van der Waals surface area contributed by atoms with Gasteiger partial charge in [0.25, 0.3) is 5.56 Å². The molecule has 15 heteroatoms. The third kappa shape index (κ3) is 4.75. The van der Waals surface area contributed by atoms with Crippen LogP contribution in [0.3, 0.4) is 0 Å². The van der Waals surface area contributed by atoms with Crippen molar-refractivity contribution < 1.29 is 31.9 Å². The molecule has 2 aliphatic rings. The summed E-state index contributed by atoms with van der Waals surface area (Å²) in [6.07, 6.45) is -2.12. The summed E-state index contributed by atoms with van der Waals surface area (Å²) < 4.78 is 60.0. The van der Waals surface area contributed by atoms with Crippen LogP contribution in [-0.2, 0) is 27.5 Å². The number of rotatable bonds is 4. The Morgan fingerprint density at radius 2 is 1.79 bits per heavy atom. The van der Waals surface area contributed by atoms with E-state index in [-0.39, 0.29) is 36.8 Å². The lowest BCUT2D eigenvalue weighted by Gasteiger charge is -2.41. The number of halogens is 5. The maximum absolute atomic E-state index is 14.9. The summed E-state index contributed by atoms with van der Waals surface area (Å²) in [5.74, 6) is -2.20. The molecule has 1 saturated heterocycles. The fourth-order valence-corrected chi connectivity index (χ4v) is 5.86. The molecule has 2 heterocycles. The summed E-state index contributed by atoms with van der Waals surface area (Å²) in [4.78, 5) is 56.6. The zero-order valence-corrected chi connectivity index (χ0v) is 21.7. The van der Waals surface area contributed by atoms with Crippen molar-refractivity contribution in [2.75, 3.05) is 12.9 Å². The van der Waals surface area contributed by atoms with Crippen molar-refractivity contribution in [3.05, 3.63) is 55.6 Å². The molecule has 0 N–H and O–H groups in total. The van der Waals surface area contributed by atoms with Gasteiger partial charge in [-0.15, -0.1) is 0 Å². The summed E-state index contributed by atoms with van der Waals surface area (Å²) >= 11 is 7.20. The zero-order chi connectivity index (χ0) is 28.0. The lowest BCUT2D eigenvalue weighted by Crippen LogP contribution is -2.58. The number of thioether (sulfide) groups is 1. The SMILES string of the molecule is COC(=O)C1(N2C(=O)CSC2=Nc2cc(-n3c(=O)cc(C(F)(F)F)n(C)c3=O)c(F)cc2Cl)CCCCC1.